The van der Waals surface area contributed by atoms with Crippen molar-refractivity contribution in [2.75, 3.05) is 23.6 Å². The SMILES string of the molecule is CCCNCCCS(=O)(=O)Nc1ccc(C)c(Cl)c1. The van der Waals surface area contributed by atoms with Crippen LogP contribution in [0.1, 0.15) is 25.3 Å². The molecule has 0 amide bonds. The molecule has 0 unspecified atom stereocenters. The lowest BCUT2D eigenvalue weighted by molar-refractivity contribution is 0.593. The molecule has 0 saturated heterocycles. The number of hydrogen-bond acceptors (Lipinski definition) is 3. The van der Waals surface area contributed by atoms with Crippen LogP contribution in [0.3, 0.4) is 0 Å². The van der Waals surface area contributed by atoms with E-state index in [1.54, 1.807) is 18.2 Å². The average Bonchev–Trinajstić information content (AvgIpc) is 2.33. The van der Waals surface area contributed by atoms with E-state index in [1.807, 2.05) is 6.92 Å². The molecule has 0 spiro atoms. The first-order chi connectivity index (χ1) is 8.94. The van der Waals surface area contributed by atoms with E-state index in [0.29, 0.717) is 23.7 Å². The molecule has 4 nitrogen and oxygen atoms in total. The van der Waals surface area contributed by atoms with Crippen molar-refractivity contribution in [2.24, 2.45) is 0 Å². The Kier molecular flexibility index (Phi) is 6.62. The van der Waals surface area contributed by atoms with Gasteiger partial charge in [-0.15, -0.1) is 0 Å². The molecule has 6 heteroatoms. The fourth-order valence-electron chi connectivity index (χ4n) is 1.58. The maximum atomic E-state index is 11.8. The van der Waals surface area contributed by atoms with Crippen molar-refractivity contribution in [3.63, 3.8) is 0 Å². The van der Waals surface area contributed by atoms with Crippen LogP contribution >= 0.6 is 11.6 Å². The van der Waals surface area contributed by atoms with E-state index in [1.165, 1.54) is 0 Å². The second kappa shape index (κ2) is 7.72. The Morgan fingerprint density at radius 2 is 2.00 bits per heavy atom. The molecule has 0 atom stereocenters. The van der Waals surface area contributed by atoms with Crippen molar-refractivity contribution in [3.05, 3.63) is 28.8 Å². The number of benzene rings is 1. The third-order valence-corrected chi connectivity index (χ3v) is 4.42. The number of aryl methyl sites for hydroxylation is 1. The zero-order valence-electron chi connectivity index (χ0n) is 11.4. The Morgan fingerprint density at radius 1 is 1.26 bits per heavy atom. The summed E-state index contributed by atoms with van der Waals surface area (Å²) >= 11 is 5.96. The second-order valence-corrected chi connectivity index (χ2v) is 6.74. The Labute approximate surface area is 120 Å². The van der Waals surface area contributed by atoms with Crippen molar-refractivity contribution >= 4 is 27.3 Å². The first-order valence-corrected chi connectivity index (χ1v) is 8.45. The molecule has 19 heavy (non-hydrogen) atoms. The quantitative estimate of drug-likeness (QED) is 0.726. The summed E-state index contributed by atoms with van der Waals surface area (Å²) in [5.74, 6) is 0.106. The van der Waals surface area contributed by atoms with Crippen LogP contribution in [0.2, 0.25) is 5.02 Å². The smallest absolute Gasteiger partial charge is 0.232 e. The van der Waals surface area contributed by atoms with E-state index < -0.39 is 10.0 Å². The second-order valence-electron chi connectivity index (χ2n) is 4.49. The molecule has 0 radical (unpaired) electrons. The van der Waals surface area contributed by atoms with Crippen LogP contribution in [0.5, 0.6) is 0 Å². The van der Waals surface area contributed by atoms with Gasteiger partial charge in [-0.25, -0.2) is 8.42 Å². The predicted molar refractivity (Wildman–Crippen MR) is 81.4 cm³/mol. The van der Waals surface area contributed by atoms with Gasteiger partial charge in [0.15, 0.2) is 0 Å². The fraction of sp³-hybridized carbons (Fsp3) is 0.538. The monoisotopic (exact) mass is 304 g/mol. The molecule has 0 bridgehead atoms. The number of anilines is 1. The summed E-state index contributed by atoms with van der Waals surface area (Å²) in [7, 11) is -3.30. The van der Waals surface area contributed by atoms with Crippen molar-refractivity contribution in [3.8, 4) is 0 Å². The first-order valence-electron chi connectivity index (χ1n) is 6.42. The Hall–Kier alpha value is -0.780. The van der Waals surface area contributed by atoms with Crippen LogP contribution in [0.25, 0.3) is 0 Å². The molecule has 1 aromatic carbocycles. The van der Waals surface area contributed by atoms with Crippen LogP contribution < -0.4 is 10.0 Å². The van der Waals surface area contributed by atoms with E-state index in [4.69, 9.17) is 11.6 Å². The van der Waals surface area contributed by atoms with Gasteiger partial charge >= 0.3 is 0 Å². The molecule has 108 valence electrons. The normalized spacial score (nSPS) is 11.5. The first kappa shape index (κ1) is 16.3. The Morgan fingerprint density at radius 3 is 2.63 bits per heavy atom. The summed E-state index contributed by atoms with van der Waals surface area (Å²) < 4.78 is 26.2. The van der Waals surface area contributed by atoms with Crippen LogP contribution in [0.4, 0.5) is 5.69 Å². The summed E-state index contributed by atoms with van der Waals surface area (Å²) in [5.41, 5.74) is 1.44. The molecular formula is C13H21ClN2O2S. The summed E-state index contributed by atoms with van der Waals surface area (Å²) in [5, 5.41) is 3.73. The number of halogens is 1. The van der Waals surface area contributed by atoms with E-state index in [2.05, 4.69) is 17.0 Å². The largest absolute Gasteiger partial charge is 0.317 e. The summed E-state index contributed by atoms with van der Waals surface area (Å²) in [6.45, 7) is 5.58. The van der Waals surface area contributed by atoms with E-state index in [0.717, 1.165) is 18.5 Å². The zero-order valence-corrected chi connectivity index (χ0v) is 12.9. The molecule has 0 aliphatic carbocycles. The van der Waals surface area contributed by atoms with Crippen molar-refractivity contribution in [1.82, 2.24) is 5.32 Å². The highest BCUT2D eigenvalue weighted by Crippen LogP contribution is 2.20. The van der Waals surface area contributed by atoms with Gasteiger partial charge in [0.25, 0.3) is 0 Å². The minimum absolute atomic E-state index is 0.106. The summed E-state index contributed by atoms with van der Waals surface area (Å²) in [6.07, 6.45) is 1.64. The van der Waals surface area contributed by atoms with Gasteiger partial charge < -0.3 is 5.32 Å². The standard InChI is InChI=1S/C13H21ClN2O2S/c1-3-7-15-8-4-9-19(17,18)16-12-6-5-11(2)13(14)10-12/h5-6,10,15-16H,3-4,7-9H2,1-2H3. The van der Waals surface area contributed by atoms with Crippen LogP contribution in [-0.4, -0.2) is 27.3 Å². The molecule has 1 aromatic rings. The number of sulfonamides is 1. The van der Waals surface area contributed by atoms with Crippen LogP contribution in [0, 0.1) is 6.92 Å². The van der Waals surface area contributed by atoms with Gasteiger partial charge in [0, 0.05) is 10.7 Å². The number of rotatable bonds is 8. The molecule has 0 aromatic heterocycles. The van der Waals surface area contributed by atoms with Crippen molar-refractivity contribution in [2.45, 2.75) is 26.7 Å². The molecule has 0 saturated carbocycles. The highest BCUT2D eigenvalue weighted by molar-refractivity contribution is 7.92. The van der Waals surface area contributed by atoms with Gasteiger partial charge in [0.1, 0.15) is 0 Å². The van der Waals surface area contributed by atoms with Crippen LogP contribution in [0.15, 0.2) is 18.2 Å². The molecule has 0 aliphatic rings. The zero-order chi connectivity index (χ0) is 14.3. The predicted octanol–water partition coefficient (Wildman–Crippen LogP) is 2.78. The highest BCUT2D eigenvalue weighted by atomic mass is 35.5. The van der Waals surface area contributed by atoms with Crippen molar-refractivity contribution in [1.29, 1.82) is 0 Å². The minimum Gasteiger partial charge on any atom is -0.317 e. The summed E-state index contributed by atoms with van der Waals surface area (Å²) in [6, 6.07) is 5.14. The molecule has 0 heterocycles. The lowest BCUT2D eigenvalue weighted by atomic mass is 10.2. The maximum absolute atomic E-state index is 11.8. The molecule has 0 fully saturated rings. The lowest BCUT2D eigenvalue weighted by Gasteiger charge is -2.09. The number of hydrogen-bond donors (Lipinski definition) is 2. The third kappa shape index (κ3) is 6.27. The third-order valence-electron chi connectivity index (χ3n) is 2.64. The van der Waals surface area contributed by atoms with E-state index in [-0.39, 0.29) is 5.75 Å². The van der Waals surface area contributed by atoms with Gasteiger partial charge in [-0.2, -0.15) is 0 Å². The van der Waals surface area contributed by atoms with Crippen LogP contribution in [-0.2, 0) is 10.0 Å². The number of nitrogens with one attached hydrogen (secondary N) is 2. The van der Waals surface area contributed by atoms with Gasteiger partial charge in [-0.1, -0.05) is 24.6 Å². The molecule has 1 rings (SSSR count). The van der Waals surface area contributed by atoms with Gasteiger partial charge in [-0.05, 0) is 50.6 Å². The van der Waals surface area contributed by atoms with E-state index >= 15 is 0 Å². The average molecular weight is 305 g/mol. The molecular weight excluding hydrogens is 284 g/mol. The summed E-state index contributed by atoms with van der Waals surface area (Å²) in [4.78, 5) is 0. The van der Waals surface area contributed by atoms with Gasteiger partial charge in [0.05, 0.1) is 5.75 Å². The highest BCUT2D eigenvalue weighted by Gasteiger charge is 2.10. The Balaban J connectivity index is 2.47. The molecule has 0 aliphatic heterocycles. The molecule has 2 N–H and O–H groups in total. The Bertz CT molecular complexity index is 503. The van der Waals surface area contributed by atoms with Gasteiger partial charge in [0.2, 0.25) is 10.0 Å². The lowest BCUT2D eigenvalue weighted by Crippen LogP contribution is -2.22. The topological polar surface area (TPSA) is 58.2 Å². The van der Waals surface area contributed by atoms with Crippen molar-refractivity contribution < 1.29 is 8.42 Å². The van der Waals surface area contributed by atoms with Gasteiger partial charge in [-0.3, -0.25) is 4.72 Å². The van der Waals surface area contributed by atoms with E-state index in [9.17, 15) is 8.42 Å². The fourth-order valence-corrected chi connectivity index (χ4v) is 2.87. The maximum Gasteiger partial charge on any atom is 0.232 e. The minimum atomic E-state index is -3.30.